The van der Waals surface area contributed by atoms with Crippen molar-refractivity contribution in [3.8, 4) is 17.6 Å². The van der Waals surface area contributed by atoms with E-state index in [4.69, 9.17) is 10.00 Å². The minimum absolute atomic E-state index is 0.203. The van der Waals surface area contributed by atoms with E-state index in [1.165, 1.54) is 18.1 Å². The van der Waals surface area contributed by atoms with Gasteiger partial charge in [-0.05, 0) is 80.1 Å². The molecule has 0 spiro atoms. The minimum Gasteiger partial charge on any atom is -0.508 e. The third kappa shape index (κ3) is 6.26. The van der Waals surface area contributed by atoms with Crippen molar-refractivity contribution >= 4 is 34.3 Å². The van der Waals surface area contributed by atoms with Crippen molar-refractivity contribution < 1.29 is 14.9 Å². The lowest BCUT2D eigenvalue weighted by molar-refractivity contribution is 0.0741. The highest BCUT2D eigenvalue weighted by Crippen LogP contribution is 2.38. The number of aromatic nitrogens is 3. The number of nitriles is 1. The van der Waals surface area contributed by atoms with Crippen LogP contribution >= 0.6 is 11.8 Å². The highest BCUT2D eigenvalue weighted by Gasteiger charge is 2.19. The van der Waals surface area contributed by atoms with Crippen LogP contribution in [0.3, 0.4) is 0 Å². The predicted octanol–water partition coefficient (Wildman–Crippen LogP) is 6.30. The highest BCUT2D eigenvalue weighted by atomic mass is 32.2. The van der Waals surface area contributed by atoms with E-state index in [1.54, 1.807) is 44.2 Å². The van der Waals surface area contributed by atoms with E-state index in [1.807, 2.05) is 48.5 Å². The zero-order valence-corrected chi connectivity index (χ0v) is 22.1. The van der Waals surface area contributed by atoms with Gasteiger partial charge in [0, 0.05) is 15.9 Å². The smallest absolute Gasteiger partial charge is 0.165 e. The van der Waals surface area contributed by atoms with E-state index in [2.05, 4.69) is 26.3 Å². The fraction of sp³-hybridized carbons (Fsp3) is 0.133. The summed E-state index contributed by atoms with van der Waals surface area (Å²) in [7, 11) is 0. The van der Waals surface area contributed by atoms with Gasteiger partial charge in [-0.1, -0.05) is 23.9 Å². The molecule has 0 aliphatic rings. The molecule has 0 saturated carbocycles. The molecular formula is C30H25N5O3S. The SMILES string of the molecule is CC(C)(O)c1ccc2c(Nc3cc(OCc4ccc(C#N)cc4)ccc3Sc3ccc(O)cc3)ncnc2n1. The molecule has 194 valence electrons. The van der Waals surface area contributed by atoms with Crippen LogP contribution in [0, 0.1) is 11.3 Å². The molecule has 3 N–H and O–H groups in total. The lowest BCUT2D eigenvalue weighted by Crippen LogP contribution is -2.17. The summed E-state index contributed by atoms with van der Waals surface area (Å²) in [4.78, 5) is 15.2. The molecule has 0 saturated heterocycles. The summed E-state index contributed by atoms with van der Waals surface area (Å²) in [6.45, 7) is 3.70. The van der Waals surface area contributed by atoms with Gasteiger partial charge in [0.1, 0.15) is 35.9 Å². The van der Waals surface area contributed by atoms with E-state index < -0.39 is 5.60 Å². The number of aliphatic hydroxyl groups is 1. The van der Waals surface area contributed by atoms with Gasteiger partial charge in [-0.3, -0.25) is 0 Å². The molecule has 5 rings (SSSR count). The summed E-state index contributed by atoms with van der Waals surface area (Å²) >= 11 is 1.53. The van der Waals surface area contributed by atoms with E-state index in [0.29, 0.717) is 40.5 Å². The molecule has 2 heterocycles. The maximum atomic E-state index is 10.4. The van der Waals surface area contributed by atoms with Crippen molar-refractivity contribution in [3.05, 3.63) is 102 Å². The van der Waals surface area contributed by atoms with Gasteiger partial charge in [0.15, 0.2) is 5.65 Å². The number of fused-ring (bicyclic) bond motifs is 1. The summed E-state index contributed by atoms with van der Waals surface area (Å²) in [5, 5.41) is 33.2. The molecule has 0 bridgehead atoms. The molecule has 0 aliphatic carbocycles. The van der Waals surface area contributed by atoms with Crippen LogP contribution in [0.25, 0.3) is 11.0 Å². The van der Waals surface area contributed by atoms with Gasteiger partial charge in [0.2, 0.25) is 0 Å². The van der Waals surface area contributed by atoms with Crippen LogP contribution in [0.2, 0.25) is 0 Å². The van der Waals surface area contributed by atoms with Crippen molar-refractivity contribution in [1.82, 2.24) is 15.0 Å². The Kier molecular flexibility index (Phi) is 7.32. The molecule has 5 aromatic rings. The van der Waals surface area contributed by atoms with Crippen LogP contribution in [-0.2, 0) is 12.2 Å². The lowest BCUT2D eigenvalue weighted by Gasteiger charge is -2.18. The number of pyridine rings is 1. The van der Waals surface area contributed by atoms with Crippen molar-refractivity contribution in [2.75, 3.05) is 5.32 Å². The maximum absolute atomic E-state index is 10.4. The van der Waals surface area contributed by atoms with Crippen LogP contribution in [-0.4, -0.2) is 25.2 Å². The number of benzene rings is 3. The minimum atomic E-state index is -1.10. The molecule has 39 heavy (non-hydrogen) atoms. The Hall–Kier alpha value is -4.65. The van der Waals surface area contributed by atoms with E-state index in [9.17, 15) is 10.2 Å². The second-order valence-electron chi connectivity index (χ2n) is 9.33. The Morgan fingerprint density at radius 1 is 0.974 bits per heavy atom. The quantitative estimate of drug-likeness (QED) is 0.210. The molecule has 8 nitrogen and oxygen atoms in total. The number of hydrogen-bond acceptors (Lipinski definition) is 9. The summed E-state index contributed by atoms with van der Waals surface area (Å²) in [6.07, 6.45) is 1.43. The van der Waals surface area contributed by atoms with E-state index >= 15 is 0 Å². The molecule has 0 unspecified atom stereocenters. The largest absolute Gasteiger partial charge is 0.508 e. The van der Waals surface area contributed by atoms with E-state index in [-0.39, 0.29) is 5.75 Å². The normalized spacial score (nSPS) is 11.2. The maximum Gasteiger partial charge on any atom is 0.165 e. The molecule has 0 fully saturated rings. The van der Waals surface area contributed by atoms with Crippen molar-refractivity contribution in [2.45, 2.75) is 35.8 Å². The second kappa shape index (κ2) is 11.0. The zero-order valence-electron chi connectivity index (χ0n) is 21.3. The van der Waals surface area contributed by atoms with Gasteiger partial charge in [-0.15, -0.1) is 0 Å². The molecule has 3 aromatic carbocycles. The Morgan fingerprint density at radius 3 is 2.46 bits per heavy atom. The summed E-state index contributed by atoms with van der Waals surface area (Å²) in [5.74, 6) is 1.42. The Bertz CT molecular complexity index is 1660. The molecule has 0 atom stereocenters. The number of hydrogen-bond donors (Lipinski definition) is 3. The molecule has 0 aliphatic heterocycles. The Balaban J connectivity index is 1.47. The lowest BCUT2D eigenvalue weighted by atomic mass is 10.0. The summed E-state index contributed by atoms with van der Waals surface area (Å²) < 4.78 is 6.07. The van der Waals surface area contributed by atoms with Crippen molar-refractivity contribution in [2.24, 2.45) is 0 Å². The predicted molar refractivity (Wildman–Crippen MR) is 150 cm³/mol. The first-order chi connectivity index (χ1) is 18.8. The first kappa shape index (κ1) is 26.0. The fourth-order valence-corrected chi connectivity index (χ4v) is 4.66. The number of ether oxygens (including phenoxy) is 1. The number of aromatic hydroxyl groups is 1. The van der Waals surface area contributed by atoms with Crippen LogP contribution in [0.5, 0.6) is 11.5 Å². The van der Waals surface area contributed by atoms with Gasteiger partial charge in [0.25, 0.3) is 0 Å². The van der Waals surface area contributed by atoms with Crippen LogP contribution < -0.4 is 10.1 Å². The molecule has 0 radical (unpaired) electrons. The highest BCUT2D eigenvalue weighted by molar-refractivity contribution is 7.99. The van der Waals surface area contributed by atoms with Crippen LogP contribution in [0.1, 0.15) is 30.7 Å². The van der Waals surface area contributed by atoms with Gasteiger partial charge in [-0.25, -0.2) is 15.0 Å². The third-order valence-electron chi connectivity index (χ3n) is 5.88. The van der Waals surface area contributed by atoms with Crippen molar-refractivity contribution in [3.63, 3.8) is 0 Å². The average Bonchev–Trinajstić information content (AvgIpc) is 2.94. The number of rotatable bonds is 8. The standard InChI is InChI=1S/C30H25N5O3S/c1-30(2,37)27-14-12-24-28(32-18-33-29(24)35-27)34-25-15-22(38-17-20-5-3-19(16-31)4-6-20)9-13-26(25)39-23-10-7-21(36)8-11-23/h3-15,18,36-37H,17H2,1-2H3,(H,32,33,34,35). The van der Waals surface area contributed by atoms with Gasteiger partial charge < -0.3 is 20.3 Å². The van der Waals surface area contributed by atoms with E-state index in [0.717, 1.165) is 21.0 Å². The first-order valence-corrected chi connectivity index (χ1v) is 12.9. The summed E-state index contributed by atoms with van der Waals surface area (Å²) in [5.41, 5.74) is 2.19. The Morgan fingerprint density at radius 2 is 1.74 bits per heavy atom. The number of nitrogens with zero attached hydrogens (tertiary/aromatic N) is 4. The van der Waals surface area contributed by atoms with Crippen LogP contribution in [0.4, 0.5) is 11.5 Å². The molecular weight excluding hydrogens is 510 g/mol. The summed E-state index contributed by atoms with van der Waals surface area (Å²) in [6, 6.07) is 25.7. The molecule has 0 amide bonds. The number of anilines is 2. The second-order valence-corrected chi connectivity index (χ2v) is 10.4. The monoisotopic (exact) mass is 535 g/mol. The van der Waals surface area contributed by atoms with Crippen molar-refractivity contribution in [1.29, 1.82) is 5.26 Å². The van der Waals surface area contributed by atoms with Gasteiger partial charge >= 0.3 is 0 Å². The number of nitrogens with one attached hydrogen (secondary N) is 1. The molecule has 9 heteroatoms. The topological polar surface area (TPSA) is 124 Å². The van der Waals surface area contributed by atoms with Crippen LogP contribution in [0.15, 0.2) is 95.0 Å². The Labute approximate surface area is 230 Å². The fourth-order valence-electron chi connectivity index (χ4n) is 3.78. The first-order valence-electron chi connectivity index (χ1n) is 12.1. The van der Waals surface area contributed by atoms with Gasteiger partial charge in [0.05, 0.1) is 28.4 Å². The number of phenols is 1. The van der Waals surface area contributed by atoms with Gasteiger partial charge in [-0.2, -0.15) is 5.26 Å². The average molecular weight is 536 g/mol. The third-order valence-corrected chi connectivity index (χ3v) is 6.96. The zero-order chi connectivity index (χ0) is 27.4. The number of phenolic OH excluding ortho intramolecular Hbond substituents is 1. The molecule has 2 aromatic heterocycles.